The van der Waals surface area contributed by atoms with E-state index in [2.05, 4.69) is 26.1 Å². The first-order chi connectivity index (χ1) is 7.97. The fraction of sp³-hybridized carbons (Fsp3) is 0.571. The van der Waals surface area contributed by atoms with Crippen LogP contribution in [-0.4, -0.2) is 19.2 Å². The fourth-order valence-corrected chi connectivity index (χ4v) is 2.27. The van der Waals surface area contributed by atoms with Crippen LogP contribution >= 0.6 is 11.6 Å². The van der Waals surface area contributed by atoms with Crippen molar-refractivity contribution in [3.63, 3.8) is 0 Å². The minimum absolute atomic E-state index is 0.0479. The van der Waals surface area contributed by atoms with Crippen molar-refractivity contribution >= 4 is 11.6 Å². The monoisotopic (exact) mass is 253 g/mol. The standard InChI is InChI=1S/C14H20ClNO/c1-14(2,3)12-8-10(15)4-5-13(12)17-11-6-7-16-9-11/h4-5,8,11,16H,6-7,9H2,1-3H3. The number of rotatable bonds is 2. The Morgan fingerprint density at radius 3 is 2.71 bits per heavy atom. The van der Waals surface area contributed by atoms with Gasteiger partial charge in [0.15, 0.2) is 0 Å². The highest BCUT2D eigenvalue weighted by molar-refractivity contribution is 6.30. The topological polar surface area (TPSA) is 21.3 Å². The summed E-state index contributed by atoms with van der Waals surface area (Å²) in [4.78, 5) is 0. The molecule has 1 aromatic carbocycles. The zero-order valence-corrected chi connectivity index (χ0v) is 11.5. The summed E-state index contributed by atoms with van der Waals surface area (Å²) in [6, 6.07) is 5.90. The number of ether oxygens (including phenoxy) is 1. The second-order valence-corrected chi connectivity index (χ2v) is 6.06. The van der Waals surface area contributed by atoms with Crippen LogP contribution in [0.15, 0.2) is 18.2 Å². The molecule has 17 heavy (non-hydrogen) atoms. The smallest absolute Gasteiger partial charge is 0.123 e. The average molecular weight is 254 g/mol. The summed E-state index contributed by atoms with van der Waals surface area (Å²) < 4.78 is 6.07. The Bertz CT molecular complexity index is 392. The molecule has 0 aliphatic carbocycles. The molecule has 1 aliphatic rings. The van der Waals surface area contributed by atoms with Gasteiger partial charge in [-0.05, 0) is 36.6 Å². The molecule has 1 N–H and O–H groups in total. The van der Waals surface area contributed by atoms with E-state index < -0.39 is 0 Å². The Hall–Kier alpha value is -0.730. The van der Waals surface area contributed by atoms with E-state index >= 15 is 0 Å². The summed E-state index contributed by atoms with van der Waals surface area (Å²) in [5, 5.41) is 4.08. The molecule has 2 nitrogen and oxygen atoms in total. The van der Waals surface area contributed by atoms with Crippen molar-refractivity contribution in [2.75, 3.05) is 13.1 Å². The number of hydrogen-bond donors (Lipinski definition) is 1. The van der Waals surface area contributed by atoms with Gasteiger partial charge >= 0.3 is 0 Å². The predicted molar refractivity (Wildman–Crippen MR) is 72.1 cm³/mol. The first-order valence-electron chi connectivity index (χ1n) is 6.14. The third-order valence-corrected chi connectivity index (χ3v) is 3.29. The maximum atomic E-state index is 6.07. The van der Waals surface area contributed by atoms with Crippen LogP contribution in [0.2, 0.25) is 5.02 Å². The summed E-state index contributed by atoms with van der Waals surface area (Å²) in [5.41, 5.74) is 1.23. The second kappa shape index (κ2) is 4.87. The lowest BCUT2D eigenvalue weighted by Gasteiger charge is -2.24. The normalized spacial score (nSPS) is 20.6. The van der Waals surface area contributed by atoms with Crippen LogP contribution in [0.5, 0.6) is 5.75 Å². The maximum Gasteiger partial charge on any atom is 0.123 e. The van der Waals surface area contributed by atoms with Crippen molar-refractivity contribution in [1.29, 1.82) is 0 Å². The lowest BCUT2D eigenvalue weighted by Crippen LogP contribution is -2.22. The third-order valence-electron chi connectivity index (χ3n) is 3.06. The summed E-state index contributed by atoms with van der Waals surface area (Å²) in [7, 11) is 0. The molecular weight excluding hydrogens is 234 g/mol. The number of halogens is 1. The Kier molecular flexibility index (Phi) is 3.64. The Balaban J connectivity index is 2.25. The number of nitrogens with one attached hydrogen (secondary N) is 1. The molecule has 0 saturated carbocycles. The molecule has 0 bridgehead atoms. The molecule has 1 aromatic rings. The van der Waals surface area contributed by atoms with Crippen molar-refractivity contribution in [3.05, 3.63) is 28.8 Å². The quantitative estimate of drug-likeness (QED) is 0.873. The van der Waals surface area contributed by atoms with Gasteiger partial charge < -0.3 is 10.1 Å². The number of benzene rings is 1. The minimum atomic E-state index is 0.0479. The third kappa shape index (κ3) is 3.14. The highest BCUT2D eigenvalue weighted by Crippen LogP contribution is 2.34. The van der Waals surface area contributed by atoms with Gasteiger partial charge in [0.25, 0.3) is 0 Å². The van der Waals surface area contributed by atoms with Crippen LogP contribution < -0.4 is 10.1 Å². The summed E-state index contributed by atoms with van der Waals surface area (Å²) >= 11 is 6.07. The van der Waals surface area contributed by atoms with Crippen molar-refractivity contribution in [1.82, 2.24) is 5.32 Å². The minimum Gasteiger partial charge on any atom is -0.489 e. The van der Waals surface area contributed by atoms with E-state index in [4.69, 9.17) is 16.3 Å². The van der Waals surface area contributed by atoms with E-state index in [0.717, 1.165) is 30.3 Å². The van der Waals surface area contributed by atoms with Gasteiger partial charge in [0.1, 0.15) is 11.9 Å². The maximum absolute atomic E-state index is 6.07. The van der Waals surface area contributed by atoms with E-state index in [1.807, 2.05) is 18.2 Å². The molecule has 0 aromatic heterocycles. The van der Waals surface area contributed by atoms with Gasteiger partial charge in [-0.1, -0.05) is 32.4 Å². The fourth-order valence-electron chi connectivity index (χ4n) is 2.10. The zero-order valence-electron chi connectivity index (χ0n) is 10.7. The molecular formula is C14H20ClNO. The van der Waals surface area contributed by atoms with Gasteiger partial charge in [-0.25, -0.2) is 0 Å². The van der Waals surface area contributed by atoms with Gasteiger partial charge in [0.2, 0.25) is 0 Å². The first kappa shape index (κ1) is 12.7. The van der Waals surface area contributed by atoms with Crippen molar-refractivity contribution in [3.8, 4) is 5.75 Å². The van der Waals surface area contributed by atoms with Crippen molar-refractivity contribution in [2.45, 2.75) is 38.7 Å². The average Bonchev–Trinajstić information content (AvgIpc) is 2.72. The molecule has 1 heterocycles. The lowest BCUT2D eigenvalue weighted by atomic mass is 9.86. The molecule has 1 fully saturated rings. The summed E-state index contributed by atoms with van der Waals surface area (Å²) in [6.45, 7) is 8.52. The van der Waals surface area contributed by atoms with Crippen LogP contribution in [0.25, 0.3) is 0 Å². The highest BCUT2D eigenvalue weighted by Gasteiger charge is 2.23. The van der Waals surface area contributed by atoms with Crippen LogP contribution in [-0.2, 0) is 5.41 Å². The van der Waals surface area contributed by atoms with Gasteiger partial charge in [-0.2, -0.15) is 0 Å². The Morgan fingerprint density at radius 1 is 1.35 bits per heavy atom. The highest BCUT2D eigenvalue weighted by atomic mass is 35.5. The second-order valence-electron chi connectivity index (χ2n) is 5.62. The van der Waals surface area contributed by atoms with Crippen LogP contribution in [0.3, 0.4) is 0 Å². The molecule has 3 heteroatoms. The van der Waals surface area contributed by atoms with E-state index in [1.165, 1.54) is 5.56 Å². The predicted octanol–water partition coefficient (Wildman–Crippen LogP) is 3.38. The molecule has 0 radical (unpaired) electrons. The molecule has 1 unspecified atom stereocenters. The summed E-state index contributed by atoms with van der Waals surface area (Å²) in [5.74, 6) is 0.968. The molecule has 1 saturated heterocycles. The van der Waals surface area contributed by atoms with Gasteiger partial charge in [0.05, 0.1) is 0 Å². The summed E-state index contributed by atoms with van der Waals surface area (Å²) in [6.07, 6.45) is 1.36. The van der Waals surface area contributed by atoms with Crippen molar-refractivity contribution < 1.29 is 4.74 Å². The molecule has 94 valence electrons. The van der Waals surface area contributed by atoms with E-state index in [-0.39, 0.29) is 11.5 Å². The molecule has 0 amide bonds. The van der Waals surface area contributed by atoms with E-state index in [1.54, 1.807) is 0 Å². The molecule has 1 atom stereocenters. The molecule has 1 aliphatic heterocycles. The zero-order chi connectivity index (χ0) is 12.5. The largest absolute Gasteiger partial charge is 0.489 e. The SMILES string of the molecule is CC(C)(C)c1cc(Cl)ccc1OC1CCNC1. The Morgan fingerprint density at radius 2 is 2.12 bits per heavy atom. The first-order valence-corrected chi connectivity index (χ1v) is 6.52. The van der Waals surface area contributed by atoms with E-state index in [0.29, 0.717) is 0 Å². The Labute approximate surface area is 108 Å². The number of hydrogen-bond acceptors (Lipinski definition) is 2. The van der Waals surface area contributed by atoms with E-state index in [9.17, 15) is 0 Å². The van der Waals surface area contributed by atoms with Crippen LogP contribution in [0.1, 0.15) is 32.8 Å². The lowest BCUT2D eigenvalue weighted by molar-refractivity contribution is 0.218. The van der Waals surface area contributed by atoms with Crippen LogP contribution in [0.4, 0.5) is 0 Å². The molecule has 2 rings (SSSR count). The van der Waals surface area contributed by atoms with Crippen LogP contribution in [0, 0.1) is 0 Å². The van der Waals surface area contributed by atoms with Crippen molar-refractivity contribution in [2.24, 2.45) is 0 Å². The molecule has 0 spiro atoms. The van der Waals surface area contributed by atoms with Gasteiger partial charge in [-0.3, -0.25) is 0 Å². The van der Waals surface area contributed by atoms with Gasteiger partial charge in [0, 0.05) is 17.1 Å². The van der Waals surface area contributed by atoms with Gasteiger partial charge in [-0.15, -0.1) is 0 Å².